The van der Waals surface area contributed by atoms with Crippen LogP contribution in [0.2, 0.25) is 0 Å². The highest BCUT2D eigenvalue weighted by Crippen LogP contribution is 2.46. The number of ether oxygens (including phenoxy) is 3. The topological polar surface area (TPSA) is 155 Å². The van der Waals surface area contributed by atoms with E-state index >= 15 is 0 Å². The molecule has 0 fully saturated rings. The van der Waals surface area contributed by atoms with E-state index in [0.717, 1.165) is 6.42 Å². The Morgan fingerprint density at radius 2 is 1.88 bits per heavy atom. The maximum atomic E-state index is 13.0. The summed E-state index contributed by atoms with van der Waals surface area (Å²) in [6, 6.07) is 0. The Balaban J connectivity index is 1.84. The molecule has 228 valence electrons. The first-order valence-corrected chi connectivity index (χ1v) is 14.3. The second-order valence-electron chi connectivity index (χ2n) is 11.7. The van der Waals surface area contributed by atoms with Gasteiger partial charge in [0.15, 0.2) is 0 Å². The van der Waals surface area contributed by atoms with Gasteiger partial charge in [0.05, 0.1) is 37.3 Å². The van der Waals surface area contributed by atoms with Gasteiger partial charge in [0.1, 0.15) is 19.3 Å². The Hall–Kier alpha value is -2.50. The van der Waals surface area contributed by atoms with Gasteiger partial charge < -0.3 is 29.3 Å². The Morgan fingerprint density at radius 1 is 1.18 bits per heavy atom. The number of allylic oxidation sites excluding steroid dienone is 2. The van der Waals surface area contributed by atoms with Crippen molar-refractivity contribution >= 4 is 11.9 Å². The van der Waals surface area contributed by atoms with Crippen LogP contribution in [0, 0.1) is 33.3 Å². The number of aliphatic hydroxyl groups is 2. The van der Waals surface area contributed by atoms with Gasteiger partial charge in [0.2, 0.25) is 0 Å². The van der Waals surface area contributed by atoms with Crippen LogP contribution in [-0.4, -0.2) is 72.0 Å². The van der Waals surface area contributed by atoms with E-state index in [4.69, 9.17) is 14.2 Å². The van der Waals surface area contributed by atoms with Crippen molar-refractivity contribution in [3.05, 3.63) is 33.4 Å². The monoisotopic (exact) mass is 569 g/mol. The van der Waals surface area contributed by atoms with Crippen LogP contribution in [0.4, 0.5) is 0 Å². The number of aliphatic hydroxyl groups excluding tert-OH is 2. The number of hydrogen-bond donors (Lipinski definition) is 2. The van der Waals surface area contributed by atoms with Gasteiger partial charge in [-0.1, -0.05) is 31.6 Å². The van der Waals surface area contributed by atoms with Gasteiger partial charge in [-0.3, -0.25) is 9.59 Å². The molecular weight excluding hydrogens is 522 g/mol. The molecule has 0 aliphatic heterocycles. The number of carbonyl (C=O) groups is 2. The molecule has 0 amide bonds. The van der Waals surface area contributed by atoms with Crippen LogP contribution in [0.5, 0.6) is 0 Å². The molecule has 0 bridgehead atoms. The standard InChI is InChI=1S/C29H47NO10/c1-6-29(4,5)28(34)40-25-16-19(2)15-21-8-7-20(3)24(27(21)25)10-9-22(31)17-23(32)18-26(33)38-13-11-37-12-14-39-30(35)36/h8,15,20,22-25,27,31-32H,6-7,9-14,16-18H2,1-5H3/t20-,22+,23+,24-,25-,27-/m0/s1. The molecule has 11 heteroatoms. The lowest BCUT2D eigenvalue weighted by molar-refractivity contribution is -0.758. The molecule has 2 aliphatic carbocycles. The quantitative estimate of drug-likeness (QED) is 0.114. The molecule has 11 nitrogen and oxygen atoms in total. The molecule has 0 heterocycles. The SMILES string of the molecule is CCC(C)(C)C(=O)O[C@H]1CC(C)=CC2=CC[C@H](C)[C@H](CC[C@@H](O)C[C@@H](O)CC(=O)OCCOCCO[N+](=O)[O-])[C@H]21. The van der Waals surface area contributed by atoms with Gasteiger partial charge in [-0.2, -0.15) is 0 Å². The zero-order chi connectivity index (χ0) is 29.9. The third-order valence-electron chi connectivity index (χ3n) is 8.03. The number of nitrogens with zero attached hydrogens (tertiary/aromatic N) is 1. The van der Waals surface area contributed by atoms with E-state index < -0.39 is 28.7 Å². The fourth-order valence-corrected chi connectivity index (χ4v) is 5.33. The first kappa shape index (κ1) is 33.7. The van der Waals surface area contributed by atoms with Crippen LogP contribution < -0.4 is 0 Å². The molecular formula is C29H47NO10. The van der Waals surface area contributed by atoms with Gasteiger partial charge in [-0.25, -0.2) is 0 Å². The minimum Gasteiger partial charge on any atom is -0.463 e. The third kappa shape index (κ3) is 10.8. The summed E-state index contributed by atoms with van der Waals surface area (Å²) in [6.45, 7) is 9.80. The summed E-state index contributed by atoms with van der Waals surface area (Å²) in [5, 5.41) is 30.1. The lowest BCUT2D eigenvalue weighted by atomic mass is 9.65. The Labute approximate surface area is 237 Å². The molecule has 2 aliphatic rings. The van der Waals surface area contributed by atoms with Gasteiger partial charge in [0.25, 0.3) is 5.09 Å². The van der Waals surface area contributed by atoms with Crippen molar-refractivity contribution in [3.63, 3.8) is 0 Å². The number of esters is 2. The molecule has 0 spiro atoms. The van der Waals surface area contributed by atoms with E-state index in [1.165, 1.54) is 11.1 Å². The van der Waals surface area contributed by atoms with Gasteiger partial charge in [0, 0.05) is 12.3 Å². The van der Waals surface area contributed by atoms with E-state index in [0.29, 0.717) is 31.6 Å². The van der Waals surface area contributed by atoms with E-state index in [-0.39, 0.29) is 63.2 Å². The summed E-state index contributed by atoms with van der Waals surface area (Å²) in [4.78, 5) is 39.1. The highest BCUT2D eigenvalue weighted by atomic mass is 17.0. The largest absolute Gasteiger partial charge is 0.463 e. The molecule has 0 radical (unpaired) electrons. The van der Waals surface area contributed by atoms with Crippen molar-refractivity contribution in [1.29, 1.82) is 0 Å². The summed E-state index contributed by atoms with van der Waals surface area (Å²) in [6.07, 6.45) is 5.60. The van der Waals surface area contributed by atoms with Gasteiger partial charge >= 0.3 is 11.9 Å². The summed E-state index contributed by atoms with van der Waals surface area (Å²) in [7, 11) is 0. The first-order chi connectivity index (χ1) is 18.8. The van der Waals surface area contributed by atoms with Crippen LogP contribution in [-0.2, 0) is 28.6 Å². The van der Waals surface area contributed by atoms with Crippen molar-refractivity contribution in [3.8, 4) is 0 Å². The van der Waals surface area contributed by atoms with E-state index in [2.05, 4.69) is 30.8 Å². The number of fused-ring (bicyclic) bond motifs is 1. The lowest BCUT2D eigenvalue weighted by Gasteiger charge is -2.43. The summed E-state index contributed by atoms with van der Waals surface area (Å²) < 4.78 is 16.2. The summed E-state index contributed by atoms with van der Waals surface area (Å²) in [5.41, 5.74) is 1.84. The molecule has 0 saturated carbocycles. The van der Waals surface area contributed by atoms with Crippen LogP contribution in [0.25, 0.3) is 0 Å². The molecule has 2 N–H and O–H groups in total. The second-order valence-corrected chi connectivity index (χ2v) is 11.7. The highest BCUT2D eigenvalue weighted by molar-refractivity contribution is 5.76. The minimum atomic E-state index is -1.05. The molecule has 40 heavy (non-hydrogen) atoms. The fraction of sp³-hybridized carbons (Fsp3) is 0.793. The van der Waals surface area contributed by atoms with Crippen molar-refractivity contribution in [2.75, 3.05) is 26.4 Å². The van der Waals surface area contributed by atoms with E-state index in [1.54, 1.807) is 0 Å². The normalized spacial score (nSPS) is 24.2. The highest BCUT2D eigenvalue weighted by Gasteiger charge is 2.42. The van der Waals surface area contributed by atoms with Crippen LogP contribution in [0.3, 0.4) is 0 Å². The third-order valence-corrected chi connectivity index (χ3v) is 8.03. The Bertz CT molecular complexity index is 914. The zero-order valence-corrected chi connectivity index (χ0v) is 24.5. The minimum absolute atomic E-state index is 0.0130. The summed E-state index contributed by atoms with van der Waals surface area (Å²) >= 11 is 0. The molecule has 0 unspecified atom stereocenters. The van der Waals surface area contributed by atoms with Gasteiger partial charge in [-0.15, -0.1) is 10.1 Å². The average Bonchev–Trinajstić information content (AvgIpc) is 2.87. The molecule has 0 aromatic heterocycles. The van der Waals surface area contributed by atoms with Crippen molar-refractivity contribution in [2.45, 2.75) is 97.9 Å². The van der Waals surface area contributed by atoms with Crippen molar-refractivity contribution in [1.82, 2.24) is 0 Å². The average molecular weight is 570 g/mol. The maximum absolute atomic E-state index is 13.0. The smallest absolute Gasteiger partial charge is 0.311 e. The predicted octanol–water partition coefficient (Wildman–Crippen LogP) is 3.93. The molecule has 0 aromatic rings. The fourth-order valence-electron chi connectivity index (χ4n) is 5.33. The van der Waals surface area contributed by atoms with Crippen LogP contribution in [0.1, 0.15) is 79.6 Å². The number of rotatable bonds is 17. The van der Waals surface area contributed by atoms with Crippen molar-refractivity contribution < 1.29 is 43.9 Å². The second kappa shape index (κ2) is 16.1. The molecule has 2 rings (SSSR count). The van der Waals surface area contributed by atoms with E-state index in [1.807, 2.05) is 20.8 Å². The maximum Gasteiger partial charge on any atom is 0.311 e. The Kier molecular flexibility index (Phi) is 13.5. The lowest BCUT2D eigenvalue weighted by Crippen LogP contribution is -2.42. The van der Waals surface area contributed by atoms with E-state index in [9.17, 15) is 29.9 Å². The summed E-state index contributed by atoms with van der Waals surface area (Å²) in [5.74, 6) is -0.189. The Morgan fingerprint density at radius 3 is 2.55 bits per heavy atom. The molecule has 0 saturated heterocycles. The first-order valence-electron chi connectivity index (χ1n) is 14.3. The zero-order valence-electron chi connectivity index (χ0n) is 24.5. The predicted molar refractivity (Wildman–Crippen MR) is 146 cm³/mol. The van der Waals surface area contributed by atoms with Gasteiger partial charge in [-0.05, 0) is 70.3 Å². The number of hydrogen-bond acceptors (Lipinski definition) is 10. The van der Waals surface area contributed by atoms with Crippen LogP contribution >= 0.6 is 0 Å². The van der Waals surface area contributed by atoms with Crippen LogP contribution in [0.15, 0.2) is 23.3 Å². The molecule has 0 aromatic carbocycles. The molecule has 6 atom stereocenters. The number of carbonyl (C=O) groups excluding carboxylic acids is 2. The van der Waals surface area contributed by atoms with Crippen molar-refractivity contribution in [2.24, 2.45) is 23.2 Å².